The Morgan fingerprint density at radius 1 is 1.00 bits per heavy atom. The van der Waals surface area contributed by atoms with Crippen LogP contribution in [0, 0.1) is 5.92 Å². The Morgan fingerprint density at radius 3 is 2.60 bits per heavy atom. The van der Waals surface area contributed by atoms with Crippen molar-refractivity contribution in [2.45, 2.75) is 39.8 Å². The molecule has 8 heteroatoms. The van der Waals surface area contributed by atoms with E-state index in [4.69, 9.17) is 0 Å². The molecule has 2 amide bonds. The van der Waals surface area contributed by atoms with Gasteiger partial charge in [0.1, 0.15) is 6.54 Å². The van der Waals surface area contributed by atoms with Crippen LogP contribution in [-0.4, -0.2) is 52.7 Å². The van der Waals surface area contributed by atoms with Crippen molar-refractivity contribution in [2.75, 3.05) is 31.1 Å². The molecule has 3 aromatic rings. The average molecular weight is 476 g/mol. The van der Waals surface area contributed by atoms with E-state index in [0.29, 0.717) is 51.0 Å². The predicted octanol–water partition coefficient (Wildman–Crippen LogP) is 2.80. The number of amides is 2. The first-order valence-corrected chi connectivity index (χ1v) is 12.3. The number of fused-ring (bicyclic) bond motifs is 2. The molecule has 4 rings (SSSR count). The standard InChI is InChI=1S/C27H33N5O3/c1-20(2)16-25(33)31-14-7-13-30(15-12-28-17-22-9-4-6-11-24(22)31)26(34)19-32-27(35)23-10-5-3-8-21(23)18-29-32/h3-6,8-11,18,20,28H,7,12-17,19H2,1-2H3. The van der Waals surface area contributed by atoms with E-state index in [0.717, 1.165) is 16.6 Å². The summed E-state index contributed by atoms with van der Waals surface area (Å²) in [6.45, 7) is 6.73. The van der Waals surface area contributed by atoms with Crippen molar-refractivity contribution in [2.24, 2.45) is 5.92 Å². The maximum absolute atomic E-state index is 13.2. The summed E-state index contributed by atoms with van der Waals surface area (Å²) in [4.78, 5) is 42.7. The number of aromatic nitrogens is 2. The summed E-state index contributed by atoms with van der Waals surface area (Å²) >= 11 is 0. The Kier molecular flexibility index (Phi) is 7.92. The van der Waals surface area contributed by atoms with Crippen molar-refractivity contribution >= 4 is 28.3 Å². The van der Waals surface area contributed by atoms with Crippen LogP contribution in [0.15, 0.2) is 59.5 Å². The highest BCUT2D eigenvalue weighted by Crippen LogP contribution is 2.23. The van der Waals surface area contributed by atoms with Crippen molar-refractivity contribution < 1.29 is 9.59 Å². The van der Waals surface area contributed by atoms with Gasteiger partial charge in [0.15, 0.2) is 0 Å². The van der Waals surface area contributed by atoms with Crippen molar-refractivity contribution in [3.8, 4) is 0 Å². The highest BCUT2D eigenvalue weighted by molar-refractivity contribution is 5.94. The van der Waals surface area contributed by atoms with Crippen LogP contribution in [0.2, 0.25) is 0 Å². The van der Waals surface area contributed by atoms with Gasteiger partial charge in [0.05, 0.1) is 11.6 Å². The first-order chi connectivity index (χ1) is 16.9. The summed E-state index contributed by atoms with van der Waals surface area (Å²) in [5.41, 5.74) is 1.72. The maximum atomic E-state index is 13.2. The molecule has 184 valence electrons. The molecule has 1 N–H and O–H groups in total. The molecule has 0 fully saturated rings. The summed E-state index contributed by atoms with van der Waals surface area (Å²) < 4.78 is 1.23. The number of nitrogens with one attached hydrogen (secondary N) is 1. The number of hydrogen-bond acceptors (Lipinski definition) is 5. The molecule has 0 saturated heterocycles. The third kappa shape index (κ3) is 5.95. The van der Waals surface area contributed by atoms with E-state index >= 15 is 0 Å². The number of para-hydroxylation sites is 1. The zero-order valence-corrected chi connectivity index (χ0v) is 20.4. The van der Waals surface area contributed by atoms with Gasteiger partial charge < -0.3 is 15.1 Å². The van der Waals surface area contributed by atoms with Crippen molar-refractivity contribution in [3.63, 3.8) is 0 Å². The van der Waals surface area contributed by atoms with E-state index in [-0.39, 0.29) is 29.8 Å². The van der Waals surface area contributed by atoms with Crippen LogP contribution in [0.25, 0.3) is 10.8 Å². The largest absolute Gasteiger partial charge is 0.340 e. The quantitative estimate of drug-likeness (QED) is 0.627. The summed E-state index contributed by atoms with van der Waals surface area (Å²) in [6.07, 6.45) is 2.73. The van der Waals surface area contributed by atoms with E-state index in [1.165, 1.54) is 4.68 Å². The lowest BCUT2D eigenvalue weighted by Crippen LogP contribution is -2.42. The van der Waals surface area contributed by atoms with Crippen molar-refractivity contribution in [1.82, 2.24) is 20.0 Å². The van der Waals surface area contributed by atoms with Crippen molar-refractivity contribution in [3.05, 3.63) is 70.6 Å². The zero-order chi connectivity index (χ0) is 24.8. The van der Waals surface area contributed by atoms with Gasteiger partial charge in [-0.2, -0.15) is 5.10 Å². The average Bonchev–Trinajstić information content (AvgIpc) is 2.88. The fourth-order valence-corrected chi connectivity index (χ4v) is 4.45. The molecular weight excluding hydrogens is 442 g/mol. The zero-order valence-electron chi connectivity index (χ0n) is 20.4. The maximum Gasteiger partial charge on any atom is 0.275 e. The number of benzene rings is 2. The van der Waals surface area contributed by atoms with Gasteiger partial charge in [-0.1, -0.05) is 50.2 Å². The third-order valence-corrected chi connectivity index (χ3v) is 6.25. The Labute approximate surface area is 205 Å². The van der Waals surface area contributed by atoms with Crippen LogP contribution in [-0.2, 0) is 22.7 Å². The minimum Gasteiger partial charge on any atom is -0.340 e. The SMILES string of the molecule is CC(C)CC(=O)N1CCCN(C(=O)Cn2ncc3ccccc3c2=O)CCNCc2ccccc21. The lowest BCUT2D eigenvalue weighted by Gasteiger charge is -2.27. The van der Waals surface area contributed by atoms with Crippen LogP contribution < -0.4 is 15.8 Å². The number of rotatable bonds is 4. The van der Waals surface area contributed by atoms with E-state index in [9.17, 15) is 14.4 Å². The van der Waals surface area contributed by atoms with Gasteiger partial charge in [0.25, 0.3) is 5.56 Å². The Morgan fingerprint density at radius 2 is 1.77 bits per heavy atom. The second-order valence-corrected chi connectivity index (χ2v) is 9.38. The second kappa shape index (κ2) is 11.3. The second-order valence-electron chi connectivity index (χ2n) is 9.38. The predicted molar refractivity (Wildman–Crippen MR) is 137 cm³/mol. The molecule has 8 nitrogen and oxygen atoms in total. The lowest BCUT2D eigenvalue weighted by atomic mass is 10.1. The van der Waals surface area contributed by atoms with E-state index in [1.807, 2.05) is 55.1 Å². The molecular formula is C27H33N5O3. The van der Waals surface area contributed by atoms with Gasteiger partial charge in [-0.05, 0) is 30.0 Å². The lowest BCUT2D eigenvalue weighted by molar-refractivity contribution is -0.132. The topological polar surface area (TPSA) is 87.5 Å². The van der Waals surface area contributed by atoms with Gasteiger partial charge in [-0.3, -0.25) is 14.4 Å². The Bertz CT molecular complexity index is 1250. The molecule has 0 bridgehead atoms. The smallest absolute Gasteiger partial charge is 0.275 e. The van der Waals surface area contributed by atoms with Crippen molar-refractivity contribution in [1.29, 1.82) is 0 Å². The van der Waals surface area contributed by atoms with Crippen LogP contribution in [0.5, 0.6) is 0 Å². The molecule has 0 unspecified atom stereocenters. The first-order valence-electron chi connectivity index (χ1n) is 12.3. The molecule has 0 atom stereocenters. The van der Waals surface area contributed by atoms with Gasteiger partial charge in [-0.25, -0.2) is 4.68 Å². The molecule has 0 saturated carbocycles. The molecule has 1 aromatic heterocycles. The fraction of sp³-hybridized carbons (Fsp3) is 0.407. The minimum absolute atomic E-state index is 0.0940. The highest BCUT2D eigenvalue weighted by atomic mass is 16.2. The van der Waals surface area contributed by atoms with Crippen LogP contribution in [0.4, 0.5) is 5.69 Å². The van der Waals surface area contributed by atoms with Crippen LogP contribution >= 0.6 is 0 Å². The summed E-state index contributed by atoms with van der Waals surface area (Å²) in [7, 11) is 0. The number of nitrogens with zero attached hydrogens (tertiary/aromatic N) is 4. The summed E-state index contributed by atoms with van der Waals surface area (Å²) in [5.74, 6) is 0.196. The molecule has 35 heavy (non-hydrogen) atoms. The number of hydrogen-bond donors (Lipinski definition) is 1. The Balaban J connectivity index is 1.51. The van der Waals surface area contributed by atoms with Gasteiger partial charge in [0.2, 0.25) is 11.8 Å². The van der Waals surface area contributed by atoms with Gasteiger partial charge in [-0.15, -0.1) is 0 Å². The summed E-state index contributed by atoms with van der Waals surface area (Å²) in [5, 5.41) is 8.92. The third-order valence-electron chi connectivity index (χ3n) is 6.25. The van der Waals surface area contributed by atoms with E-state index < -0.39 is 0 Å². The summed E-state index contributed by atoms with van der Waals surface area (Å²) in [6, 6.07) is 15.2. The minimum atomic E-state index is -0.270. The van der Waals surface area contributed by atoms with Crippen LogP contribution in [0.1, 0.15) is 32.3 Å². The Hall–Kier alpha value is -3.52. The van der Waals surface area contributed by atoms with E-state index in [2.05, 4.69) is 10.4 Å². The normalized spacial score (nSPS) is 15.1. The molecule has 0 radical (unpaired) electrons. The first kappa shape index (κ1) is 24.6. The molecule has 0 aliphatic carbocycles. The van der Waals surface area contributed by atoms with Crippen LogP contribution in [0.3, 0.4) is 0 Å². The van der Waals surface area contributed by atoms with Gasteiger partial charge >= 0.3 is 0 Å². The van der Waals surface area contributed by atoms with Gasteiger partial charge in [0, 0.05) is 50.2 Å². The van der Waals surface area contributed by atoms with E-state index in [1.54, 1.807) is 23.2 Å². The molecule has 2 aromatic carbocycles. The number of carbonyl (C=O) groups is 2. The fourth-order valence-electron chi connectivity index (χ4n) is 4.45. The number of carbonyl (C=O) groups excluding carboxylic acids is 2. The molecule has 0 spiro atoms. The molecule has 1 aliphatic rings. The highest BCUT2D eigenvalue weighted by Gasteiger charge is 2.22. The monoisotopic (exact) mass is 475 g/mol. The molecule has 1 aliphatic heterocycles. The number of anilines is 1. The molecule has 2 heterocycles.